The van der Waals surface area contributed by atoms with Crippen LogP contribution in [0.2, 0.25) is 0 Å². The van der Waals surface area contributed by atoms with Crippen LogP contribution in [0.3, 0.4) is 0 Å². The average molecular weight is 270 g/mol. The van der Waals surface area contributed by atoms with Crippen LogP contribution in [-0.4, -0.2) is 20.3 Å². The second kappa shape index (κ2) is 4.73. The Labute approximate surface area is 114 Å². The van der Waals surface area contributed by atoms with Gasteiger partial charge in [-0.1, -0.05) is 0 Å². The maximum absolute atomic E-state index is 12.8. The Bertz CT molecular complexity index is 779. The molecule has 0 saturated carbocycles. The predicted octanol–water partition coefficient (Wildman–Crippen LogP) is 2.49. The summed E-state index contributed by atoms with van der Waals surface area (Å²) in [5.41, 5.74) is 2.41. The number of carbonyl (C=O) groups excluding carboxylic acids is 1. The molecule has 0 spiro atoms. The molecule has 6 heteroatoms. The molecule has 0 radical (unpaired) electrons. The van der Waals surface area contributed by atoms with E-state index in [-0.39, 0.29) is 5.91 Å². The highest BCUT2D eigenvalue weighted by molar-refractivity contribution is 5.87. The summed E-state index contributed by atoms with van der Waals surface area (Å²) in [6.45, 7) is 1.43. The number of nitrogens with one attached hydrogen (secondary N) is 1. The second-order valence-electron chi connectivity index (χ2n) is 4.36. The summed E-state index contributed by atoms with van der Waals surface area (Å²) in [4.78, 5) is 18.9. The molecule has 3 aromatic heterocycles. The van der Waals surface area contributed by atoms with E-state index in [0.717, 1.165) is 11.1 Å². The lowest BCUT2D eigenvalue weighted by molar-refractivity contribution is -0.114. The number of fused-ring (bicyclic) bond motifs is 1. The van der Waals surface area contributed by atoms with Gasteiger partial charge < -0.3 is 9.72 Å². The minimum absolute atomic E-state index is 0.170. The fourth-order valence-corrected chi connectivity index (χ4v) is 1.95. The number of carbonyl (C=O) groups is 1. The number of hydrogen-bond acceptors (Lipinski definition) is 3. The van der Waals surface area contributed by atoms with Gasteiger partial charge in [0, 0.05) is 24.9 Å². The summed E-state index contributed by atoms with van der Waals surface area (Å²) >= 11 is 0. The summed E-state index contributed by atoms with van der Waals surface area (Å²) in [7, 11) is 0. The molecule has 1 N–H and O–H groups in total. The highest BCUT2D eigenvalue weighted by Crippen LogP contribution is 2.20. The Hall–Kier alpha value is -2.76. The van der Waals surface area contributed by atoms with Gasteiger partial charge in [-0.3, -0.25) is 4.79 Å². The standard InChI is InChI=1S/C14H11FN4O/c1-9(20)17-13-8-19-7-11(3-5-14(19)18-13)10-2-4-12(15)16-6-10/h2-8H,1H3,(H,17,20). The summed E-state index contributed by atoms with van der Waals surface area (Å²) < 4.78 is 14.6. The minimum atomic E-state index is -0.509. The van der Waals surface area contributed by atoms with Crippen molar-refractivity contribution in [1.29, 1.82) is 0 Å². The molecule has 0 saturated heterocycles. The van der Waals surface area contributed by atoms with Crippen LogP contribution in [0.25, 0.3) is 16.8 Å². The number of rotatable bonds is 2. The maximum Gasteiger partial charge on any atom is 0.222 e. The second-order valence-corrected chi connectivity index (χ2v) is 4.36. The predicted molar refractivity (Wildman–Crippen MR) is 72.7 cm³/mol. The van der Waals surface area contributed by atoms with Gasteiger partial charge in [-0.25, -0.2) is 9.97 Å². The molecule has 0 bridgehead atoms. The third-order valence-corrected chi connectivity index (χ3v) is 2.82. The summed E-state index contributed by atoms with van der Waals surface area (Å²) in [6.07, 6.45) is 5.04. The van der Waals surface area contributed by atoms with Gasteiger partial charge in [0.25, 0.3) is 0 Å². The number of anilines is 1. The third kappa shape index (κ3) is 2.35. The number of pyridine rings is 2. The molecular formula is C14H11FN4O. The van der Waals surface area contributed by atoms with Gasteiger partial charge in [0.2, 0.25) is 11.9 Å². The molecule has 0 unspecified atom stereocenters. The Morgan fingerprint density at radius 1 is 1.20 bits per heavy atom. The number of halogens is 1. The number of aromatic nitrogens is 3. The quantitative estimate of drug-likeness (QED) is 0.728. The number of nitrogens with zero attached hydrogens (tertiary/aromatic N) is 3. The first-order valence-electron chi connectivity index (χ1n) is 6.00. The Morgan fingerprint density at radius 3 is 2.70 bits per heavy atom. The van der Waals surface area contributed by atoms with E-state index in [2.05, 4.69) is 15.3 Å². The average Bonchev–Trinajstić information content (AvgIpc) is 2.79. The van der Waals surface area contributed by atoms with Crippen LogP contribution >= 0.6 is 0 Å². The van der Waals surface area contributed by atoms with Crippen LogP contribution in [0.5, 0.6) is 0 Å². The lowest BCUT2D eigenvalue weighted by Crippen LogP contribution is -2.05. The highest BCUT2D eigenvalue weighted by atomic mass is 19.1. The van der Waals surface area contributed by atoms with Crippen LogP contribution < -0.4 is 5.32 Å². The normalized spacial score (nSPS) is 10.7. The van der Waals surface area contributed by atoms with Gasteiger partial charge in [0.05, 0.1) is 6.20 Å². The summed E-state index contributed by atoms with van der Waals surface area (Å²) in [6, 6.07) is 6.67. The fraction of sp³-hybridized carbons (Fsp3) is 0.0714. The van der Waals surface area contributed by atoms with Crippen LogP contribution in [-0.2, 0) is 4.79 Å². The van der Waals surface area contributed by atoms with Crippen molar-refractivity contribution >= 4 is 17.4 Å². The molecule has 0 aliphatic carbocycles. The van der Waals surface area contributed by atoms with E-state index in [0.29, 0.717) is 11.5 Å². The van der Waals surface area contributed by atoms with E-state index >= 15 is 0 Å². The van der Waals surface area contributed by atoms with Crippen molar-refractivity contribution in [2.75, 3.05) is 5.32 Å². The molecule has 0 aliphatic rings. The monoisotopic (exact) mass is 270 g/mol. The van der Waals surface area contributed by atoms with Crippen molar-refractivity contribution in [1.82, 2.24) is 14.4 Å². The molecule has 3 rings (SSSR count). The molecule has 3 heterocycles. The van der Waals surface area contributed by atoms with E-state index in [9.17, 15) is 9.18 Å². The van der Waals surface area contributed by atoms with Gasteiger partial charge in [0.15, 0.2) is 5.82 Å². The Balaban J connectivity index is 2.01. The number of imidazole rings is 1. The van der Waals surface area contributed by atoms with Gasteiger partial charge in [-0.05, 0) is 29.8 Å². The zero-order chi connectivity index (χ0) is 14.1. The van der Waals surface area contributed by atoms with Crippen LogP contribution in [0, 0.1) is 5.95 Å². The number of amides is 1. The zero-order valence-electron chi connectivity index (χ0n) is 10.7. The van der Waals surface area contributed by atoms with Crippen LogP contribution in [0.1, 0.15) is 6.92 Å². The molecule has 1 amide bonds. The Morgan fingerprint density at radius 2 is 2.00 bits per heavy atom. The van der Waals surface area contributed by atoms with Gasteiger partial charge in [-0.15, -0.1) is 0 Å². The third-order valence-electron chi connectivity index (χ3n) is 2.82. The van der Waals surface area contributed by atoms with E-state index in [1.165, 1.54) is 19.2 Å². The molecule has 5 nitrogen and oxygen atoms in total. The molecular weight excluding hydrogens is 259 g/mol. The largest absolute Gasteiger partial charge is 0.310 e. The number of hydrogen-bond donors (Lipinski definition) is 1. The van der Waals surface area contributed by atoms with Crippen molar-refractivity contribution < 1.29 is 9.18 Å². The van der Waals surface area contributed by atoms with Crippen molar-refractivity contribution in [2.45, 2.75) is 6.92 Å². The van der Waals surface area contributed by atoms with Crippen molar-refractivity contribution in [2.24, 2.45) is 0 Å². The zero-order valence-corrected chi connectivity index (χ0v) is 10.7. The lowest BCUT2D eigenvalue weighted by Gasteiger charge is -2.01. The fourth-order valence-electron chi connectivity index (χ4n) is 1.95. The van der Waals surface area contributed by atoms with E-state index in [1.807, 2.05) is 18.3 Å². The van der Waals surface area contributed by atoms with Gasteiger partial charge >= 0.3 is 0 Å². The smallest absolute Gasteiger partial charge is 0.222 e. The van der Waals surface area contributed by atoms with E-state index in [4.69, 9.17) is 0 Å². The molecule has 20 heavy (non-hydrogen) atoms. The van der Waals surface area contributed by atoms with Crippen molar-refractivity contribution in [3.63, 3.8) is 0 Å². The summed E-state index contributed by atoms with van der Waals surface area (Å²) in [5, 5.41) is 2.63. The first-order valence-corrected chi connectivity index (χ1v) is 6.00. The van der Waals surface area contributed by atoms with Crippen molar-refractivity contribution in [3.8, 4) is 11.1 Å². The van der Waals surface area contributed by atoms with E-state index in [1.54, 1.807) is 16.7 Å². The van der Waals surface area contributed by atoms with Gasteiger partial charge in [0.1, 0.15) is 5.65 Å². The molecule has 0 fully saturated rings. The van der Waals surface area contributed by atoms with E-state index < -0.39 is 5.95 Å². The first-order chi connectivity index (χ1) is 9.61. The first kappa shape index (κ1) is 12.3. The van der Waals surface area contributed by atoms with Crippen LogP contribution in [0.15, 0.2) is 42.9 Å². The molecule has 0 atom stereocenters. The molecule has 0 aliphatic heterocycles. The minimum Gasteiger partial charge on any atom is -0.310 e. The molecule has 3 aromatic rings. The topological polar surface area (TPSA) is 59.3 Å². The van der Waals surface area contributed by atoms with Crippen LogP contribution in [0.4, 0.5) is 10.2 Å². The van der Waals surface area contributed by atoms with Crippen molar-refractivity contribution in [3.05, 3.63) is 48.8 Å². The summed E-state index contributed by atoms with van der Waals surface area (Å²) in [5.74, 6) is -0.186. The van der Waals surface area contributed by atoms with Gasteiger partial charge in [-0.2, -0.15) is 4.39 Å². The molecule has 0 aromatic carbocycles. The molecule has 100 valence electrons. The Kier molecular flexibility index (Phi) is 2.90. The SMILES string of the molecule is CC(=O)Nc1cn2cc(-c3ccc(F)nc3)ccc2n1. The highest BCUT2D eigenvalue weighted by Gasteiger charge is 2.05. The lowest BCUT2D eigenvalue weighted by atomic mass is 10.1. The maximum atomic E-state index is 12.8.